The molecule has 2 fully saturated rings. The van der Waals surface area contributed by atoms with Gasteiger partial charge in [-0.2, -0.15) is 0 Å². The fraction of sp³-hybridized carbons (Fsp3) is 0.565. The molecule has 2 aromatic rings. The Hall–Kier alpha value is -2.18. The van der Waals surface area contributed by atoms with Crippen LogP contribution >= 0.6 is 0 Å². The van der Waals surface area contributed by atoms with Crippen LogP contribution in [0.1, 0.15) is 43.5 Å². The Morgan fingerprint density at radius 1 is 0.931 bits per heavy atom. The van der Waals surface area contributed by atoms with E-state index in [4.69, 9.17) is 9.98 Å². The first-order chi connectivity index (χ1) is 14.3. The molecule has 4 aliphatic rings. The molecule has 29 heavy (non-hydrogen) atoms. The van der Waals surface area contributed by atoms with Crippen molar-refractivity contribution < 1.29 is 0 Å². The number of nitrogens with one attached hydrogen (secondary N) is 1. The minimum atomic E-state index is 0.0735. The van der Waals surface area contributed by atoms with Crippen molar-refractivity contribution in [2.24, 2.45) is 4.99 Å². The number of allylic oxidation sites excluding steroid dienone is 1. The Bertz CT molecular complexity index is 963. The fourth-order valence-corrected chi connectivity index (χ4v) is 5.25. The highest BCUT2D eigenvalue weighted by molar-refractivity contribution is 6.10. The summed E-state index contributed by atoms with van der Waals surface area (Å²) in [4.78, 5) is 15.1. The normalized spacial score (nSPS) is 26.1. The minimum Gasteiger partial charge on any atom is -0.357 e. The Balaban J connectivity index is 1.26. The van der Waals surface area contributed by atoms with Crippen molar-refractivity contribution in [1.82, 2.24) is 24.7 Å². The van der Waals surface area contributed by atoms with Crippen molar-refractivity contribution in [3.05, 3.63) is 41.9 Å². The molecule has 0 bridgehead atoms. The van der Waals surface area contributed by atoms with Crippen molar-refractivity contribution in [2.75, 3.05) is 26.2 Å². The van der Waals surface area contributed by atoms with E-state index in [0.29, 0.717) is 0 Å². The Kier molecular flexibility index (Phi) is 4.42. The molecular formula is C23H30N6. The standard InChI is InChI=1S/C23H30N6/c1-2-12-28(11-1)23-24-10-8-19(26-23)17-6-7-21-20(16-17)25-22-9-13-27(14-15-29(21)22)18-4-3-5-18/h6-8,10,16,18,23-24H,1-5,9,11-15H2. The van der Waals surface area contributed by atoms with Crippen LogP contribution in [-0.2, 0) is 13.0 Å². The summed E-state index contributed by atoms with van der Waals surface area (Å²) in [6.07, 6.45) is 12.0. The van der Waals surface area contributed by atoms with E-state index in [0.717, 1.165) is 56.4 Å². The fourth-order valence-electron chi connectivity index (χ4n) is 5.25. The molecule has 1 aromatic heterocycles. The van der Waals surface area contributed by atoms with Gasteiger partial charge in [0.2, 0.25) is 0 Å². The number of imidazole rings is 1. The quantitative estimate of drug-likeness (QED) is 0.876. The topological polar surface area (TPSA) is 48.7 Å². The third-order valence-corrected chi connectivity index (χ3v) is 7.18. The van der Waals surface area contributed by atoms with Gasteiger partial charge in [0.1, 0.15) is 5.82 Å². The number of aliphatic imine (C=N–C) groups is 1. The summed E-state index contributed by atoms with van der Waals surface area (Å²) in [6, 6.07) is 7.53. The molecule has 4 heterocycles. The first-order valence-corrected chi connectivity index (χ1v) is 11.3. The molecular weight excluding hydrogens is 360 g/mol. The average molecular weight is 391 g/mol. The Labute approximate surface area is 172 Å². The molecule has 1 N–H and O–H groups in total. The number of fused-ring (bicyclic) bond motifs is 3. The van der Waals surface area contributed by atoms with Crippen LogP contribution in [0.15, 0.2) is 35.5 Å². The summed E-state index contributed by atoms with van der Waals surface area (Å²) >= 11 is 0. The zero-order valence-corrected chi connectivity index (χ0v) is 17.1. The summed E-state index contributed by atoms with van der Waals surface area (Å²) in [5.41, 5.74) is 4.61. The first-order valence-electron chi connectivity index (χ1n) is 11.3. The van der Waals surface area contributed by atoms with Crippen LogP contribution in [0.3, 0.4) is 0 Å². The van der Waals surface area contributed by atoms with Gasteiger partial charge in [0.15, 0.2) is 6.29 Å². The molecule has 1 atom stereocenters. The highest BCUT2D eigenvalue weighted by Crippen LogP contribution is 2.28. The highest BCUT2D eigenvalue weighted by atomic mass is 15.4. The van der Waals surface area contributed by atoms with E-state index in [-0.39, 0.29) is 6.29 Å². The molecule has 0 spiro atoms. The van der Waals surface area contributed by atoms with Crippen LogP contribution in [0.25, 0.3) is 11.0 Å². The summed E-state index contributed by atoms with van der Waals surface area (Å²) in [5, 5.41) is 3.40. The highest BCUT2D eigenvalue weighted by Gasteiger charge is 2.27. The SMILES string of the molecule is C1=CC(c2ccc3c(c2)nc2n3CCN(C3CCC3)CC2)=NC(N2CCCC2)N1. The number of aromatic nitrogens is 2. The number of benzene rings is 1. The van der Waals surface area contributed by atoms with Crippen LogP contribution < -0.4 is 5.32 Å². The molecule has 1 saturated heterocycles. The van der Waals surface area contributed by atoms with Gasteiger partial charge in [0.25, 0.3) is 0 Å². The third kappa shape index (κ3) is 3.19. The zero-order valence-electron chi connectivity index (χ0n) is 17.1. The second-order valence-electron chi connectivity index (χ2n) is 8.88. The van der Waals surface area contributed by atoms with Gasteiger partial charge in [-0.1, -0.05) is 12.5 Å². The summed E-state index contributed by atoms with van der Waals surface area (Å²) in [7, 11) is 0. The van der Waals surface area contributed by atoms with E-state index in [2.05, 4.69) is 44.0 Å². The lowest BCUT2D eigenvalue weighted by Gasteiger charge is -2.36. The molecule has 0 amide bonds. The minimum absolute atomic E-state index is 0.0735. The van der Waals surface area contributed by atoms with Crippen molar-refractivity contribution in [3.63, 3.8) is 0 Å². The maximum atomic E-state index is 5.03. The van der Waals surface area contributed by atoms with Crippen LogP contribution in [0, 0.1) is 0 Å². The molecule has 0 radical (unpaired) electrons. The van der Waals surface area contributed by atoms with Gasteiger partial charge < -0.3 is 9.88 Å². The third-order valence-electron chi connectivity index (χ3n) is 7.18. The van der Waals surface area contributed by atoms with E-state index in [1.165, 1.54) is 49.0 Å². The maximum absolute atomic E-state index is 5.03. The molecule has 152 valence electrons. The van der Waals surface area contributed by atoms with E-state index >= 15 is 0 Å². The number of nitrogens with zero attached hydrogens (tertiary/aromatic N) is 5. The molecule has 1 unspecified atom stereocenters. The van der Waals surface area contributed by atoms with Gasteiger partial charge in [-0.25, -0.2) is 9.98 Å². The van der Waals surface area contributed by atoms with Gasteiger partial charge in [-0.3, -0.25) is 9.80 Å². The number of rotatable bonds is 3. The van der Waals surface area contributed by atoms with Gasteiger partial charge in [-0.15, -0.1) is 0 Å². The van der Waals surface area contributed by atoms with Gasteiger partial charge in [0.05, 0.1) is 16.7 Å². The smallest absolute Gasteiger partial charge is 0.176 e. The van der Waals surface area contributed by atoms with Crippen molar-refractivity contribution >= 4 is 16.7 Å². The van der Waals surface area contributed by atoms with Crippen molar-refractivity contribution in [1.29, 1.82) is 0 Å². The summed E-state index contributed by atoms with van der Waals surface area (Å²) in [6.45, 7) is 5.63. The molecule has 6 rings (SSSR count). The van der Waals surface area contributed by atoms with Gasteiger partial charge in [0, 0.05) is 56.9 Å². The van der Waals surface area contributed by atoms with Crippen LogP contribution in [0.2, 0.25) is 0 Å². The Morgan fingerprint density at radius 3 is 2.66 bits per heavy atom. The van der Waals surface area contributed by atoms with Crippen LogP contribution in [0.4, 0.5) is 0 Å². The maximum Gasteiger partial charge on any atom is 0.176 e. The predicted molar refractivity (Wildman–Crippen MR) is 116 cm³/mol. The lowest BCUT2D eigenvalue weighted by molar-refractivity contribution is 0.130. The number of hydrogen-bond donors (Lipinski definition) is 1. The van der Waals surface area contributed by atoms with E-state index in [9.17, 15) is 0 Å². The monoisotopic (exact) mass is 390 g/mol. The van der Waals surface area contributed by atoms with Crippen molar-refractivity contribution in [2.45, 2.75) is 57.4 Å². The van der Waals surface area contributed by atoms with Crippen molar-refractivity contribution in [3.8, 4) is 0 Å². The molecule has 1 saturated carbocycles. The predicted octanol–water partition coefficient (Wildman–Crippen LogP) is 2.73. The lowest BCUT2D eigenvalue weighted by Crippen LogP contribution is -2.42. The first kappa shape index (κ1) is 17.7. The summed E-state index contributed by atoms with van der Waals surface area (Å²) in [5.74, 6) is 1.25. The molecule has 6 heteroatoms. The van der Waals surface area contributed by atoms with Crippen LogP contribution in [-0.4, -0.2) is 63.6 Å². The molecule has 3 aliphatic heterocycles. The van der Waals surface area contributed by atoms with E-state index in [1.807, 2.05) is 6.20 Å². The Morgan fingerprint density at radius 2 is 1.83 bits per heavy atom. The molecule has 1 aromatic carbocycles. The second kappa shape index (κ2) is 7.26. The van der Waals surface area contributed by atoms with E-state index < -0.39 is 0 Å². The zero-order chi connectivity index (χ0) is 19.2. The second-order valence-corrected chi connectivity index (χ2v) is 8.88. The van der Waals surface area contributed by atoms with Gasteiger partial charge >= 0.3 is 0 Å². The number of likely N-dealkylation sites (tertiary alicyclic amines) is 1. The molecule has 1 aliphatic carbocycles. The average Bonchev–Trinajstić information content (AvgIpc) is 3.32. The lowest BCUT2D eigenvalue weighted by atomic mass is 9.91. The number of hydrogen-bond acceptors (Lipinski definition) is 5. The van der Waals surface area contributed by atoms with E-state index in [1.54, 1.807) is 0 Å². The van der Waals surface area contributed by atoms with Gasteiger partial charge in [-0.05, 0) is 43.9 Å². The largest absolute Gasteiger partial charge is 0.357 e. The summed E-state index contributed by atoms with van der Waals surface area (Å²) < 4.78 is 2.45. The van der Waals surface area contributed by atoms with Crippen LogP contribution in [0.5, 0.6) is 0 Å². The molecule has 6 nitrogen and oxygen atoms in total.